The molecule has 0 aliphatic carbocycles. The first kappa shape index (κ1) is 21.0. The fourth-order valence-electron chi connectivity index (χ4n) is 3.93. The Morgan fingerprint density at radius 3 is 2.55 bits per heavy atom. The summed E-state index contributed by atoms with van der Waals surface area (Å²) in [5, 5.41) is 5.84. The Balaban J connectivity index is 1.92. The average molecular weight is 398 g/mol. The molecular weight excluding hydrogens is 366 g/mol. The maximum absolute atomic E-state index is 12.1. The highest BCUT2D eigenvalue weighted by Crippen LogP contribution is 2.38. The Morgan fingerprint density at radius 1 is 1.14 bits per heavy atom. The summed E-state index contributed by atoms with van der Waals surface area (Å²) >= 11 is 0. The molecule has 29 heavy (non-hydrogen) atoms. The van der Waals surface area contributed by atoms with Crippen molar-refractivity contribution in [3.63, 3.8) is 0 Å². The highest BCUT2D eigenvalue weighted by molar-refractivity contribution is 5.73. The molecule has 2 aromatic rings. The minimum atomic E-state index is -0.143. The Labute approximate surface area is 173 Å². The molecule has 2 N–H and O–H groups in total. The van der Waals surface area contributed by atoms with E-state index in [-0.39, 0.29) is 12.1 Å². The van der Waals surface area contributed by atoms with Gasteiger partial charge in [-0.2, -0.15) is 0 Å². The summed E-state index contributed by atoms with van der Waals surface area (Å²) in [6, 6.07) is 12.5. The second-order valence-corrected chi connectivity index (χ2v) is 7.31. The lowest BCUT2D eigenvalue weighted by Gasteiger charge is -2.38. The number of benzene rings is 2. The zero-order valence-corrected chi connectivity index (χ0v) is 17.7. The van der Waals surface area contributed by atoms with Crippen LogP contribution in [0.5, 0.6) is 11.5 Å². The van der Waals surface area contributed by atoms with Gasteiger partial charge in [-0.1, -0.05) is 24.3 Å². The monoisotopic (exact) mass is 397 g/mol. The molecule has 0 saturated heterocycles. The van der Waals surface area contributed by atoms with Gasteiger partial charge < -0.3 is 20.1 Å². The zero-order chi connectivity index (χ0) is 20.8. The number of nitrogens with zero attached hydrogens (tertiary/aromatic N) is 1. The van der Waals surface area contributed by atoms with Crippen molar-refractivity contribution in [3.05, 3.63) is 58.7 Å². The second-order valence-electron chi connectivity index (χ2n) is 7.31. The van der Waals surface area contributed by atoms with E-state index in [1.165, 1.54) is 22.3 Å². The number of methoxy groups -OCH3 is 2. The van der Waals surface area contributed by atoms with Gasteiger partial charge in [0, 0.05) is 26.2 Å². The molecule has 0 spiro atoms. The fraction of sp³-hybridized carbons (Fsp3) is 0.435. The van der Waals surface area contributed by atoms with Crippen LogP contribution in [0.1, 0.15) is 35.2 Å². The molecule has 0 unspecified atom stereocenters. The molecule has 1 heterocycles. The van der Waals surface area contributed by atoms with Crippen molar-refractivity contribution in [2.75, 3.05) is 33.9 Å². The minimum absolute atomic E-state index is 0.0563. The molecule has 2 aromatic carbocycles. The Morgan fingerprint density at radius 2 is 1.86 bits per heavy atom. The standard InChI is InChI=1S/C23H31N3O3/c1-5-24-23(27)25-14-20-19-13-22(29-4)21(28-3)12-17(19)10-11-26(20)15-18-9-7-6-8-16(18)2/h6-9,12-13,20H,5,10-11,14-15H2,1-4H3,(H2,24,25,27)/t20-/m0/s1. The number of hydrogen-bond donors (Lipinski definition) is 2. The van der Waals surface area contributed by atoms with Crippen LogP contribution in [0.25, 0.3) is 0 Å². The molecule has 6 heteroatoms. The van der Waals surface area contributed by atoms with E-state index in [0.29, 0.717) is 18.8 Å². The fourth-order valence-corrected chi connectivity index (χ4v) is 3.93. The van der Waals surface area contributed by atoms with E-state index >= 15 is 0 Å². The quantitative estimate of drug-likeness (QED) is 0.751. The van der Waals surface area contributed by atoms with E-state index < -0.39 is 0 Å². The van der Waals surface area contributed by atoms with Crippen LogP contribution in [0.3, 0.4) is 0 Å². The summed E-state index contributed by atoms with van der Waals surface area (Å²) < 4.78 is 11.0. The normalized spacial score (nSPS) is 16.1. The van der Waals surface area contributed by atoms with Crippen molar-refractivity contribution in [2.45, 2.75) is 32.9 Å². The van der Waals surface area contributed by atoms with Gasteiger partial charge in [-0.3, -0.25) is 4.90 Å². The molecule has 0 radical (unpaired) electrons. The number of aryl methyl sites for hydroxylation is 1. The van der Waals surface area contributed by atoms with Crippen LogP contribution in [0.4, 0.5) is 4.79 Å². The SMILES string of the molecule is CCNC(=O)NC[C@H]1c2cc(OC)c(OC)cc2CCN1Cc1ccccc1C. The van der Waals surface area contributed by atoms with E-state index in [2.05, 4.69) is 58.9 Å². The van der Waals surface area contributed by atoms with Gasteiger partial charge in [-0.05, 0) is 54.7 Å². The summed E-state index contributed by atoms with van der Waals surface area (Å²) in [5.74, 6) is 1.46. The molecule has 0 bridgehead atoms. The number of urea groups is 1. The smallest absolute Gasteiger partial charge is 0.314 e. The number of ether oxygens (including phenoxy) is 2. The summed E-state index contributed by atoms with van der Waals surface area (Å²) in [6.45, 7) is 6.94. The molecule has 3 rings (SSSR count). The van der Waals surface area contributed by atoms with Crippen LogP contribution in [-0.4, -0.2) is 44.8 Å². The van der Waals surface area contributed by atoms with E-state index in [4.69, 9.17) is 9.47 Å². The van der Waals surface area contributed by atoms with E-state index in [1.54, 1.807) is 14.2 Å². The maximum Gasteiger partial charge on any atom is 0.314 e. The lowest BCUT2D eigenvalue weighted by molar-refractivity contribution is 0.170. The third-order valence-electron chi connectivity index (χ3n) is 5.54. The van der Waals surface area contributed by atoms with Crippen LogP contribution in [-0.2, 0) is 13.0 Å². The van der Waals surface area contributed by atoms with Gasteiger partial charge in [0.2, 0.25) is 0 Å². The molecule has 0 saturated carbocycles. The second kappa shape index (κ2) is 9.65. The van der Waals surface area contributed by atoms with Crippen LogP contribution in [0.2, 0.25) is 0 Å². The van der Waals surface area contributed by atoms with Gasteiger partial charge in [0.05, 0.1) is 20.3 Å². The minimum Gasteiger partial charge on any atom is -0.493 e. The first-order valence-electron chi connectivity index (χ1n) is 10.1. The first-order valence-corrected chi connectivity index (χ1v) is 10.1. The Bertz CT molecular complexity index is 853. The number of rotatable bonds is 7. The first-order chi connectivity index (χ1) is 14.1. The molecule has 0 aromatic heterocycles. The van der Waals surface area contributed by atoms with Crippen LogP contribution in [0, 0.1) is 6.92 Å². The van der Waals surface area contributed by atoms with E-state index in [0.717, 1.165) is 25.3 Å². The van der Waals surface area contributed by atoms with E-state index in [9.17, 15) is 4.79 Å². The molecule has 156 valence electrons. The largest absolute Gasteiger partial charge is 0.493 e. The summed E-state index contributed by atoms with van der Waals surface area (Å²) in [7, 11) is 3.31. The highest BCUT2D eigenvalue weighted by atomic mass is 16.5. The predicted molar refractivity (Wildman–Crippen MR) is 115 cm³/mol. The van der Waals surface area contributed by atoms with Crippen LogP contribution in [0.15, 0.2) is 36.4 Å². The summed E-state index contributed by atoms with van der Waals surface area (Å²) in [4.78, 5) is 14.5. The number of carbonyl (C=O) groups excluding carboxylic acids is 1. The number of carbonyl (C=O) groups is 1. The van der Waals surface area contributed by atoms with Crippen LogP contribution < -0.4 is 20.1 Å². The van der Waals surface area contributed by atoms with Crippen LogP contribution >= 0.6 is 0 Å². The molecule has 2 amide bonds. The van der Waals surface area contributed by atoms with Gasteiger partial charge in [-0.25, -0.2) is 4.79 Å². The topological polar surface area (TPSA) is 62.8 Å². The van der Waals surface area contributed by atoms with Crippen molar-refractivity contribution in [1.82, 2.24) is 15.5 Å². The Hall–Kier alpha value is -2.73. The van der Waals surface area contributed by atoms with E-state index in [1.807, 2.05) is 6.92 Å². The average Bonchev–Trinajstić information content (AvgIpc) is 2.73. The molecule has 6 nitrogen and oxygen atoms in total. The third-order valence-corrected chi connectivity index (χ3v) is 5.54. The van der Waals surface area contributed by atoms with Gasteiger partial charge in [-0.15, -0.1) is 0 Å². The predicted octanol–water partition coefficient (Wildman–Crippen LogP) is 3.43. The number of hydrogen-bond acceptors (Lipinski definition) is 4. The lowest BCUT2D eigenvalue weighted by atomic mass is 9.91. The van der Waals surface area contributed by atoms with Gasteiger partial charge >= 0.3 is 6.03 Å². The third kappa shape index (κ3) is 4.82. The maximum atomic E-state index is 12.1. The highest BCUT2D eigenvalue weighted by Gasteiger charge is 2.29. The van der Waals surface area contributed by atoms with Crippen molar-refractivity contribution < 1.29 is 14.3 Å². The number of amides is 2. The molecule has 1 aliphatic heterocycles. The summed E-state index contributed by atoms with van der Waals surface area (Å²) in [6.07, 6.45) is 0.930. The molecule has 1 aliphatic rings. The van der Waals surface area contributed by atoms with Crippen molar-refractivity contribution >= 4 is 6.03 Å². The number of fused-ring (bicyclic) bond motifs is 1. The van der Waals surface area contributed by atoms with Crippen molar-refractivity contribution in [2.24, 2.45) is 0 Å². The molecule has 1 atom stereocenters. The van der Waals surface area contributed by atoms with Crippen molar-refractivity contribution in [3.8, 4) is 11.5 Å². The van der Waals surface area contributed by atoms with Gasteiger partial charge in [0.15, 0.2) is 11.5 Å². The molecule has 0 fully saturated rings. The molecular formula is C23H31N3O3. The van der Waals surface area contributed by atoms with Gasteiger partial charge in [0.25, 0.3) is 0 Å². The van der Waals surface area contributed by atoms with Crippen molar-refractivity contribution in [1.29, 1.82) is 0 Å². The summed E-state index contributed by atoms with van der Waals surface area (Å²) in [5.41, 5.74) is 5.01. The lowest BCUT2D eigenvalue weighted by Crippen LogP contribution is -2.44. The Kier molecular flexibility index (Phi) is 6.99. The van der Waals surface area contributed by atoms with Gasteiger partial charge in [0.1, 0.15) is 0 Å². The zero-order valence-electron chi connectivity index (χ0n) is 17.7. The number of nitrogens with one attached hydrogen (secondary N) is 2.